The second kappa shape index (κ2) is 14.1. The van der Waals surface area contributed by atoms with Crippen LogP contribution in [0.1, 0.15) is 40.0 Å². The van der Waals surface area contributed by atoms with Crippen molar-refractivity contribution in [3.63, 3.8) is 0 Å². The van der Waals surface area contributed by atoms with Crippen molar-refractivity contribution in [1.82, 2.24) is 26.2 Å². The second-order valence-electron chi connectivity index (χ2n) is 8.24. The summed E-state index contributed by atoms with van der Waals surface area (Å²) in [6.45, 7) is 5.34. The highest BCUT2D eigenvalue weighted by Crippen LogP contribution is 2.20. The topological polar surface area (TPSA) is 137 Å². The van der Waals surface area contributed by atoms with E-state index in [9.17, 15) is 24.0 Å². The molecule has 0 saturated carbocycles. The zero-order valence-electron chi connectivity index (χ0n) is 19.7. The molecule has 32 heavy (non-hydrogen) atoms. The van der Waals surface area contributed by atoms with Gasteiger partial charge in [-0.2, -0.15) is 11.8 Å². The summed E-state index contributed by atoms with van der Waals surface area (Å²) in [7, 11) is 1.72. The number of thioether (sulfide) groups is 1. The average molecular weight is 472 g/mol. The van der Waals surface area contributed by atoms with E-state index in [-0.39, 0.29) is 42.6 Å². The number of hydrogen-bond acceptors (Lipinski definition) is 7. The Morgan fingerprint density at radius 2 is 1.78 bits per heavy atom. The molecule has 0 aromatic carbocycles. The van der Waals surface area contributed by atoms with Gasteiger partial charge in [0.1, 0.15) is 17.9 Å². The molecule has 0 radical (unpaired) electrons. The summed E-state index contributed by atoms with van der Waals surface area (Å²) in [6, 6.07) is -1.79. The van der Waals surface area contributed by atoms with Crippen LogP contribution in [-0.2, 0) is 24.0 Å². The lowest BCUT2D eigenvalue weighted by Gasteiger charge is -2.29. The molecule has 1 aliphatic rings. The maximum Gasteiger partial charge on any atom is 0.243 e. The first-order chi connectivity index (χ1) is 15.1. The van der Waals surface area contributed by atoms with Crippen molar-refractivity contribution < 1.29 is 24.0 Å². The van der Waals surface area contributed by atoms with Crippen molar-refractivity contribution in [2.45, 2.75) is 58.2 Å². The number of nitrogens with one attached hydrogen (secondary N) is 4. The molecule has 1 rings (SSSR count). The number of carbonyl (C=O) groups excluding carboxylic acids is 5. The molecule has 0 bridgehead atoms. The Balaban J connectivity index is 2.65. The van der Waals surface area contributed by atoms with E-state index in [0.717, 1.165) is 6.42 Å². The van der Waals surface area contributed by atoms with Crippen LogP contribution >= 0.6 is 11.8 Å². The van der Waals surface area contributed by atoms with E-state index >= 15 is 0 Å². The van der Waals surface area contributed by atoms with E-state index < -0.39 is 23.9 Å². The number of carbonyl (C=O) groups is 5. The predicted octanol–water partition coefficient (Wildman–Crippen LogP) is -0.719. The van der Waals surface area contributed by atoms with Gasteiger partial charge < -0.3 is 26.2 Å². The van der Waals surface area contributed by atoms with Gasteiger partial charge in [0.05, 0.1) is 19.1 Å². The third-order valence-electron chi connectivity index (χ3n) is 5.28. The fourth-order valence-electron chi connectivity index (χ4n) is 3.59. The van der Waals surface area contributed by atoms with Crippen LogP contribution in [0.5, 0.6) is 0 Å². The Bertz CT molecular complexity index is 687. The minimum Gasteiger partial charge on any atom is -0.347 e. The summed E-state index contributed by atoms with van der Waals surface area (Å²) < 4.78 is 0. The Labute approximate surface area is 194 Å². The molecule has 4 amide bonds. The summed E-state index contributed by atoms with van der Waals surface area (Å²) in [5.41, 5.74) is 0. The van der Waals surface area contributed by atoms with Gasteiger partial charge in [0.15, 0.2) is 0 Å². The predicted molar refractivity (Wildman–Crippen MR) is 124 cm³/mol. The number of likely N-dealkylation sites (N-methyl/N-ethyl adjacent to an activating group) is 1. The molecular formula is C21H37N5O5S. The van der Waals surface area contributed by atoms with Crippen LogP contribution in [0.4, 0.5) is 0 Å². The minimum absolute atomic E-state index is 0.0787. The van der Waals surface area contributed by atoms with Crippen LogP contribution in [0.2, 0.25) is 0 Å². The second-order valence-corrected chi connectivity index (χ2v) is 9.22. The molecule has 4 N–H and O–H groups in total. The lowest BCUT2D eigenvalue weighted by Crippen LogP contribution is -2.55. The fraction of sp³-hybridized carbons (Fsp3) is 0.762. The molecule has 3 atom stereocenters. The normalized spacial score (nSPS) is 17.6. The van der Waals surface area contributed by atoms with Crippen LogP contribution in [0.15, 0.2) is 0 Å². The van der Waals surface area contributed by atoms with Gasteiger partial charge in [0.25, 0.3) is 0 Å². The number of rotatable bonds is 13. The van der Waals surface area contributed by atoms with Crippen molar-refractivity contribution in [3.05, 3.63) is 0 Å². The quantitative estimate of drug-likeness (QED) is 0.278. The monoisotopic (exact) mass is 471 g/mol. The van der Waals surface area contributed by atoms with E-state index in [4.69, 9.17) is 0 Å². The van der Waals surface area contributed by atoms with Gasteiger partial charge in [0.2, 0.25) is 23.6 Å². The average Bonchev–Trinajstić information content (AvgIpc) is 3.23. The van der Waals surface area contributed by atoms with Gasteiger partial charge in [0, 0.05) is 6.54 Å². The van der Waals surface area contributed by atoms with Gasteiger partial charge in [-0.15, -0.1) is 0 Å². The number of nitrogens with zero attached hydrogens (tertiary/aromatic N) is 1. The zero-order valence-corrected chi connectivity index (χ0v) is 20.5. The molecule has 1 aliphatic heterocycles. The molecular weight excluding hydrogens is 434 g/mol. The molecule has 182 valence electrons. The number of likely N-dealkylation sites (tertiary alicyclic amines) is 1. The number of Topliss-reactive ketones (excluding diaryl/α,β-unsaturated/α-hetero) is 1. The van der Waals surface area contributed by atoms with Crippen LogP contribution in [0.25, 0.3) is 0 Å². The highest BCUT2D eigenvalue weighted by atomic mass is 32.2. The first-order valence-corrected chi connectivity index (χ1v) is 12.3. The third-order valence-corrected chi connectivity index (χ3v) is 5.92. The molecule has 10 nitrogen and oxygen atoms in total. The fourth-order valence-corrected chi connectivity index (χ4v) is 4.06. The number of hydrogen-bond donors (Lipinski definition) is 4. The van der Waals surface area contributed by atoms with Gasteiger partial charge in [-0.25, -0.2) is 0 Å². The van der Waals surface area contributed by atoms with Crippen LogP contribution < -0.4 is 21.3 Å². The molecule has 1 saturated heterocycles. The molecule has 0 aliphatic carbocycles. The van der Waals surface area contributed by atoms with E-state index in [2.05, 4.69) is 21.3 Å². The van der Waals surface area contributed by atoms with Gasteiger partial charge in [-0.1, -0.05) is 13.8 Å². The van der Waals surface area contributed by atoms with Crippen molar-refractivity contribution in [1.29, 1.82) is 0 Å². The zero-order chi connectivity index (χ0) is 24.3. The van der Waals surface area contributed by atoms with Crippen molar-refractivity contribution in [2.75, 3.05) is 38.7 Å². The highest BCUT2D eigenvalue weighted by molar-refractivity contribution is 7.98. The van der Waals surface area contributed by atoms with Crippen LogP contribution in [0, 0.1) is 5.92 Å². The number of amides is 4. The smallest absolute Gasteiger partial charge is 0.243 e. The van der Waals surface area contributed by atoms with Gasteiger partial charge in [-0.05, 0) is 51.2 Å². The molecule has 1 fully saturated rings. The summed E-state index contributed by atoms with van der Waals surface area (Å²) in [6.07, 6.45) is 3.55. The standard InChI is InChI=1S/C21H37N5O5S/c1-13(2)18(22-4)21(31)26-9-6-7-16(26)20(30)24-12-17(28)25-15(8-10-32-5)19(29)23-11-14(3)27/h13,15-16,18,22H,6-12H2,1-5H3,(H,23,29)(H,24,30)(H,25,28)/t15?,16-,18?/m0/s1. The number of ketones is 1. The van der Waals surface area contributed by atoms with Crippen molar-refractivity contribution in [3.8, 4) is 0 Å². The molecule has 11 heteroatoms. The van der Waals surface area contributed by atoms with Crippen molar-refractivity contribution >= 4 is 41.2 Å². The van der Waals surface area contributed by atoms with Crippen LogP contribution in [-0.4, -0.2) is 91.1 Å². The van der Waals surface area contributed by atoms with E-state index in [1.165, 1.54) is 18.7 Å². The minimum atomic E-state index is -0.793. The summed E-state index contributed by atoms with van der Waals surface area (Å²) in [5, 5.41) is 10.7. The summed E-state index contributed by atoms with van der Waals surface area (Å²) in [4.78, 5) is 62.8. The Hall–Kier alpha value is -2.14. The van der Waals surface area contributed by atoms with Gasteiger partial charge >= 0.3 is 0 Å². The Morgan fingerprint density at radius 1 is 1.09 bits per heavy atom. The first-order valence-electron chi connectivity index (χ1n) is 10.9. The summed E-state index contributed by atoms with van der Waals surface area (Å²) in [5.74, 6) is -0.909. The molecule has 1 heterocycles. The molecule has 0 spiro atoms. The molecule has 2 unspecified atom stereocenters. The largest absolute Gasteiger partial charge is 0.347 e. The third kappa shape index (κ3) is 8.78. The maximum atomic E-state index is 12.8. The van der Waals surface area contributed by atoms with Gasteiger partial charge in [-0.3, -0.25) is 24.0 Å². The lowest BCUT2D eigenvalue weighted by atomic mass is 10.0. The Kier molecular flexibility index (Phi) is 12.3. The van der Waals surface area contributed by atoms with E-state index in [1.54, 1.807) is 11.9 Å². The molecule has 0 aromatic heterocycles. The highest BCUT2D eigenvalue weighted by Gasteiger charge is 2.37. The first kappa shape index (κ1) is 27.9. The molecule has 0 aromatic rings. The van der Waals surface area contributed by atoms with E-state index in [0.29, 0.717) is 25.1 Å². The SMILES string of the molecule is CNC(C(=O)N1CCC[C@H]1C(=O)NCC(=O)NC(CCSC)C(=O)NCC(C)=O)C(C)C. The Morgan fingerprint density at radius 3 is 2.34 bits per heavy atom. The van der Waals surface area contributed by atoms with Crippen LogP contribution in [0.3, 0.4) is 0 Å². The summed E-state index contributed by atoms with van der Waals surface area (Å²) >= 11 is 1.53. The van der Waals surface area contributed by atoms with E-state index in [1.807, 2.05) is 20.1 Å². The lowest BCUT2D eigenvalue weighted by molar-refractivity contribution is -0.141. The maximum absolute atomic E-state index is 12.8. The van der Waals surface area contributed by atoms with Crippen molar-refractivity contribution in [2.24, 2.45) is 5.92 Å².